The SMILES string of the molecule is C=C(c1ccccc1)C1(OC)C(=O)c2ccccc2C(=O)C1(CC)CC. The Morgan fingerprint density at radius 1 is 0.885 bits per heavy atom. The van der Waals surface area contributed by atoms with Crippen LogP contribution in [0.2, 0.25) is 0 Å². The number of fused-ring (bicyclic) bond motifs is 1. The Bertz CT molecular complexity index is 862. The summed E-state index contributed by atoms with van der Waals surface area (Å²) in [7, 11) is 1.51. The molecule has 3 rings (SSSR count). The molecule has 0 aromatic heterocycles. The lowest BCUT2D eigenvalue weighted by Crippen LogP contribution is -2.62. The van der Waals surface area contributed by atoms with E-state index >= 15 is 0 Å². The minimum atomic E-state index is -1.41. The molecule has 0 aliphatic heterocycles. The summed E-state index contributed by atoms with van der Waals surface area (Å²) in [5, 5.41) is 0. The van der Waals surface area contributed by atoms with Gasteiger partial charge >= 0.3 is 0 Å². The zero-order valence-corrected chi connectivity index (χ0v) is 15.5. The van der Waals surface area contributed by atoms with Gasteiger partial charge in [0, 0.05) is 18.2 Å². The molecule has 2 aromatic rings. The van der Waals surface area contributed by atoms with Crippen LogP contribution in [-0.2, 0) is 4.74 Å². The van der Waals surface area contributed by atoms with E-state index in [4.69, 9.17) is 4.74 Å². The van der Waals surface area contributed by atoms with Crippen LogP contribution in [0.1, 0.15) is 53.0 Å². The monoisotopic (exact) mass is 348 g/mol. The number of ether oxygens (including phenoxy) is 1. The molecule has 1 atom stereocenters. The number of methoxy groups -OCH3 is 1. The van der Waals surface area contributed by atoms with E-state index in [0.717, 1.165) is 5.56 Å². The average molecular weight is 348 g/mol. The lowest BCUT2D eigenvalue weighted by atomic mass is 9.54. The number of hydrogen-bond acceptors (Lipinski definition) is 3. The van der Waals surface area contributed by atoms with Crippen LogP contribution < -0.4 is 0 Å². The Hall–Kier alpha value is -2.52. The third-order valence-corrected chi connectivity index (χ3v) is 5.91. The molecule has 2 aromatic carbocycles. The quantitative estimate of drug-likeness (QED) is 0.766. The van der Waals surface area contributed by atoms with Crippen LogP contribution in [-0.4, -0.2) is 24.3 Å². The normalized spacial score (nSPS) is 21.3. The van der Waals surface area contributed by atoms with E-state index in [9.17, 15) is 9.59 Å². The Morgan fingerprint density at radius 2 is 1.38 bits per heavy atom. The second-order valence-corrected chi connectivity index (χ2v) is 6.72. The number of Topliss-reactive ketones (excluding diaryl/α,β-unsaturated/α-hetero) is 2. The lowest BCUT2D eigenvalue weighted by Gasteiger charge is -2.51. The minimum Gasteiger partial charge on any atom is -0.364 e. The van der Waals surface area contributed by atoms with Crippen molar-refractivity contribution in [2.24, 2.45) is 5.41 Å². The first-order chi connectivity index (χ1) is 12.5. The summed E-state index contributed by atoms with van der Waals surface area (Å²) in [4.78, 5) is 27.3. The summed E-state index contributed by atoms with van der Waals surface area (Å²) in [5.74, 6) is -0.232. The van der Waals surface area contributed by atoms with E-state index < -0.39 is 11.0 Å². The van der Waals surface area contributed by atoms with Crippen LogP contribution in [0.25, 0.3) is 5.57 Å². The van der Waals surface area contributed by atoms with Crippen molar-refractivity contribution >= 4 is 17.1 Å². The highest BCUT2D eigenvalue weighted by Crippen LogP contribution is 2.54. The third kappa shape index (κ3) is 2.17. The Labute approximate surface area is 154 Å². The Balaban J connectivity index is 2.36. The smallest absolute Gasteiger partial charge is 0.200 e. The van der Waals surface area contributed by atoms with Crippen molar-refractivity contribution < 1.29 is 14.3 Å². The molecule has 0 saturated heterocycles. The molecule has 0 saturated carbocycles. The molecule has 3 nitrogen and oxygen atoms in total. The van der Waals surface area contributed by atoms with Gasteiger partial charge in [0.15, 0.2) is 11.4 Å². The summed E-state index contributed by atoms with van der Waals surface area (Å²) in [6.45, 7) is 8.12. The molecule has 26 heavy (non-hydrogen) atoms. The first-order valence-corrected chi connectivity index (χ1v) is 8.98. The molecule has 1 unspecified atom stereocenters. The number of rotatable bonds is 5. The maximum atomic E-state index is 13.7. The number of carbonyl (C=O) groups excluding carboxylic acids is 2. The first-order valence-electron chi connectivity index (χ1n) is 8.98. The fourth-order valence-electron chi connectivity index (χ4n) is 4.45. The van der Waals surface area contributed by atoms with Gasteiger partial charge in [0.05, 0.1) is 5.41 Å². The van der Waals surface area contributed by atoms with Crippen molar-refractivity contribution in [3.05, 3.63) is 77.9 Å². The van der Waals surface area contributed by atoms with Gasteiger partial charge in [-0.2, -0.15) is 0 Å². The van der Waals surface area contributed by atoms with E-state index in [1.165, 1.54) is 7.11 Å². The van der Waals surface area contributed by atoms with E-state index in [1.807, 2.05) is 44.2 Å². The average Bonchev–Trinajstić information content (AvgIpc) is 2.71. The predicted molar refractivity (Wildman–Crippen MR) is 103 cm³/mol. The van der Waals surface area contributed by atoms with Crippen molar-refractivity contribution in [1.82, 2.24) is 0 Å². The van der Waals surface area contributed by atoms with Crippen molar-refractivity contribution in [2.75, 3.05) is 7.11 Å². The van der Waals surface area contributed by atoms with Gasteiger partial charge in [0.25, 0.3) is 0 Å². The van der Waals surface area contributed by atoms with Crippen molar-refractivity contribution in [3.63, 3.8) is 0 Å². The van der Waals surface area contributed by atoms with E-state index in [1.54, 1.807) is 24.3 Å². The zero-order valence-electron chi connectivity index (χ0n) is 15.5. The maximum absolute atomic E-state index is 13.7. The highest BCUT2D eigenvalue weighted by atomic mass is 16.5. The maximum Gasteiger partial charge on any atom is 0.200 e. The van der Waals surface area contributed by atoms with Gasteiger partial charge in [0.1, 0.15) is 0 Å². The number of hydrogen-bond donors (Lipinski definition) is 0. The standard InChI is InChI=1S/C23H24O3/c1-5-22(6-2)20(24)18-14-10-11-15-19(18)21(25)23(22,26-4)16(3)17-12-8-7-9-13-17/h7-15H,3,5-6H2,1-2,4H3. The van der Waals surface area contributed by atoms with Crippen molar-refractivity contribution in [3.8, 4) is 0 Å². The van der Waals surface area contributed by atoms with Gasteiger partial charge in [-0.3, -0.25) is 9.59 Å². The summed E-state index contributed by atoms with van der Waals surface area (Å²) in [6.07, 6.45) is 0.976. The number of benzene rings is 2. The second-order valence-electron chi connectivity index (χ2n) is 6.72. The summed E-state index contributed by atoms with van der Waals surface area (Å²) >= 11 is 0. The molecule has 134 valence electrons. The molecule has 0 N–H and O–H groups in total. The lowest BCUT2D eigenvalue weighted by molar-refractivity contribution is -0.0400. The molecule has 0 spiro atoms. The van der Waals surface area contributed by atoms with E-state index in [2.05, 4.69) is 6.58 Å². The fraction of sp³-hybridized carbons (Fsp3) is 0.304. The summed E-state index contributed by atoms with van der Waals surface area (Å²) < 4.78 is 5.96. The van der Waals surface area contributed by atoms with Crippen molar-refractivity contribution in [1.29, 1.82) is 0 Å². The highest BCUT2D eigenvalue weighted by molar-refractivity contribution is 6.25. The second kappa shape index (κ2) is 6.65. The van der Waals surface area contributed by atoms with Crippen LogP contribution in [0, 0.1) is 5.41 Å². The molecular weight excluding hydrogens is 324 g/mol. The van der Waals surface area contributed by atoms with Crippen LogP contribution >= 0.6 is 0 Å². The van der Waals surface area contributed by atoms with E-state index in [-0.39, 0.29) is 11.6 Å². The Kier molecular flexibility index (Phi) is 4.68. The third-order valence-electron chi connectivity index (χ3n) is 5.91. The van der Waals surface area contributed by atoms with Crippen molar-refractivity contribution in [2.45, 2.75) is 32.3 Å². The summed E-state index contributed by atoms with van der Waals surface area (Å²) in [5.41, 5.74) is -0.161. The van der Waals surface area contributed by atoms with Gasteiger partial charge in [0.2, 0.25) is 5.78 Å². The highest BCUT2D eigenvalue weighted by Gasteiger charge is 2.64. The molecular formula is C23H24O3. The van der Waals surface area contributed by atoms with Gasteiger partial charge in [-0.05, 0) is 24.0 Å². The van der Waals surface area contributed by atoms with E-state index in [0.29, 0.717) is 29.5 Å². The topological polar surface area (TPSA) is 43.4 Å². The number of ketones is 2. The first kappa shape index (κ1) is 18.3. The largest absolute Gasteiger partial charge is 0.364 e. The molecule has 3 heteroatoms. The van der Waals surface area contributed by atoms with Gasteiger partial charge < -0.3 is 4.74 Å². The van der Waals surface area contributed by atoms with Crippen LogP contribution in [0.5, 0.6) is 0 Å². The molecule has 1 aliphatic carbocycles. The predicted octanol–water partition coefficient (Wildman–Crippen LogP) is 4.97. The number of carbonyl (C=O) groups is 2. The van der Waals surface area contributed by atoms with Gasteiger partial charge in [-0.1, -0.05) is 75.0 Å². The molecule has 0 heterocycles. The van der Waals surface area contributed by atoms with Crippen LogP contribution in [0.4, 0.5) is 0 Å². The van der Waals surface area contributed by atoms with Gasteiger partial charge in [-0.15, -0.1) is 0 Å². The zero-order chi connectivity index (χ0) is 18.9. The molecule has 1 aliphatic rings. The molecule has 0 radical (unpaired) electrons. The van der Waals surface area contributed by atoms with Crippen LogP contribution in [0.3, 0.4) is 0 Å². The molecule has 0 fully saturated rings. The fourth-order valence-corrected chi connectivity index (χ4v) is 4.45. The van der Waals surface area contributed by atoms with Gasteiger partial charge in [-0.25, -0.2) is 0 Å². The Morgan fingerprint density at radius 3 is 1.88 bits per heavy atom. The van der Waals surface area contributed by atoms with Crippen LogP contribution in [0.15, 0.2) is 61.2 Å². The molecule has 0 bridgehead atoms. The minimum absolute atomic E-state index is 0.0448. The molecule has 0 amide bonds. The summed E-state index contributed by atoms with van der Waals surface area (Å²) in [6, 6.07) is 16.5.